The molecule has 0 aliphatic rings. The van der Waals surface area contributed by atoms with Gasteiger partial charge in [-0.3, -0.25) is 4.79 Å². The monoisotopic (exact) mass is 412 g/mol. The van der Waals surface area contributed by atoms with Gasteiger partial charge in [-0.05, 0) is 32.4 Å². The topological polar surface area (TPSA) is 78.3 Å². The van der Waals surface area contributed by atoms with Gasteiger partial charge < -0.3 is 14.8 Å². The van der Waals surface area contributed by atoms with Crippen LogP contribution in [0.4, 0.5) is 5.69 Å². The number of aryl methyl sites for hydroxylation is 1. The Hall–Kier alpha value is -3.13. The fourth-order valence-electron chi connectivity index (χ4n) is 3.04. The maximum atomic E-state index is 12.5. The van der Waals surface area contributed by atoms with Gasteiger partial charge in [-0.2, -0.15) is 5.10 Å². The van der Waals surface area contributed by atoms with Crippen molar-refractivity contribution in [3.63, 3.8) is 0 Å². The van der Waals surface area contributed by atoms with Gasteiger partial charge in [-0.15, -0.1) is 17.9 Å². The number of allylic oxidation sites excluding steroid dienone is 1. The van der Waals surface area contributed by atoms with Crippen LogP contribution in [0.25, 0.3) is 5.13 Å². The SMILES string of the molecule is C=CCc1c(C)nn(-c2nc(CC(=O)Nc3ccc(OC)cc3OC)cs2)c1C. The van der Waals surface area contributed by atoms with E-state index < -0.39 is 0 Å². The van der Waals surface area contributed by atoms with Crippen molar-refractivity contribution < 1.29 is 14.3 Å². The minimum absolute atomic E-state index is 0.157. The number of benzene rings is 1. The third-order valence-corrected chi connectivity index (χ3v) is 5.40. The van der Waals surface area contributed by atoms with E-state index in [9.17, 15) is 4.79 Å². The molecule has 3 rings (SSSR count). The van der Waals surface area contributed by atoms with Crippen LogP contribution < -0.4 is 14.8 Å². The Morgan fingerprint density at radius 1 is 1.31 bits per heavy atom. The summed E-state index contributed by atoms with van der Waals surface area (Å²) < 4.78 is 12.3. The molecule has 0 radical (unpaired) electrons. The maximum Gasteiger partial charge on any atom is 0.230 e. The van der Waals surface area contributed by atoms with Gasteiger partial charge in [0.2, 0.25) is 11.0 Å². The molecule has 0 atom stereocenters. The second-order valence-electron chi connectivity index (χ2n) is 6.47. The zero-order valence-corrected chi connectivity index (χ0v) is 17.8. The number of nitrogens with zero attached hydrogens (tertiary/aromatic N) is 3. The van der Waals surface area contributed by atoms with Crippen molar-refractivity contribution in [3.05, 3.63) is 58.9 Å². The fraction of sp³-hybridized carbons (Fsp3) is 0.286. The number of carbonyl (C=O) groups is 1. The summed E-state index contributed by atoms with van der Waals surface area (Å²) in [6.07, 6.45) is 2.79. The highest BCUT2D eigenvalue weighted by Gasteiger charge is 2.16. The number of ether oxygens (including phenoxy) is 2. The summed E-state index contributed by atoms with van der Waals surface area (Å²) in [7, 11) is 3.13. The molecule has 0 aliphatic carbocycles. The Morgan fingerprint density at radius 3 is 2.79 bits per heavy atom. The summed E-state index contributed by atoms with van der Waals surface area (Å²) in [5, 5.41) is 10.1. The normalized spacial score (nSPS) is 10.6. The minimum Gasteiger partial charge on any atom is -0.497 e. The van der Waals surface area contributed by atoms with Crippen LogP contribution in [-0.4, -0.2) is 34.9 Å². The lowest BCUT2D eigenvalue weighted by Gasteiger charge is -2.11. The van der Waals surface area contributed by atoms with Crippen molar-refractivity contribution in [2.45, 2.75) is 26.7 Å². The molecule has 0 spiro atoms. The van der Waals surface area contributed by atoms with Gasteiger partial charge in [0.1, 0.15) is 11.5 Å². The quantitative estimate of drug-likeness (QED) is 0.568. The van der Waals surface area contributed by atoms with Gasteiger partial charge in [0.25, 0.3) is 0 Å². The lowest BCUT2D eigenvalue weighted by molar-refractivity contribution is -0.115. The first-order chi connectivity index (χ1) is 14.0. The first kappa shape index (κ1) is 20.6. The molecule has 0 fully saturated rings. The van der Waals surface area contributed by atoms with Crippen LogP contribution in [0.3, 0.4) is 0 Å². The number of hydrogen-bond acceptors (Lipinski definition) is 6. The number of anilines is 1. The molecule has 8 heteroatoms. The predicted molar refractivity (Wildman–Crippen MR) is 114 cm³/mol. The molecule has 0 saturated heterocycles. The van der Waals surface area contributed by atoms with Crippen LogP contribution in [0, 0.1) is 13.8 Å². The minimum atomic E-state index is -0.175. The number of thiazole rings is 1. The second kappa shape index (κ2) is 8.91. The Labute approximate surface area is 174 Å². The lowest BCUT2D eigenvalue weighted by atomic mass is 10.1. The van der Waals surface area contributed by atoms with Crippen molar-refractivity contribution in [2.24, 2.45) is 0 Å². The van der Waals surface area contributed by atoms with E-state index in [0.29, 0.717) is 22.9 Å². The molecule has 0 aliphatic heterocycles. The third kappa shape index (κ3) is 4.48. The van der Waals surface area contributed by atoms with Gasteiger partial charge in [0, 0.05) is 22.7 Å². The van der Waals surface area contributed by atoms with Gasteiger partial charge in [-0.25, -0.2) is 9.67 Å². The van der Waals surface area contributed by atoms with E-state index in [0.717, 1.165) is 28.5 Å². The number of aromatic nitrogens is 3. The lowest BCUT2D eigenvalue weighted by Crippen LogP contribution is -2.15. The Bertz CT molecular complexity index is 1040. The second-order valence-corrected chi connectivity index (χ2v) is 7.30. The van der Waals surface area contributed by atoms with Crippen LogP contribution in [0.5, 0.6) is 11.5 Å². The molecule has 1 amide bonds. The standard InChI is InChI=1S/C21H24N4O3S/c1-6-7-17-13(2)24-25(14(17)3)21-22-15(12-29-21)10-20(26)23-18-9-8-16(27-4)11-19(18)28-5/h6,8-9,11-12H,1,7,10H2,2-5H3,(H,23,26). The summed E-state index contributed by atoms with van der Waals surface area (Å²) in [4.78, 5) is 17.1. The van der Waals surface area contributed by atoms with Gasteiger partial charge >= 0.3 is 0 Å². The summed E-state index contributed by atoms with van der Waals surface area (Å²) >= 11 is 1.46. The third-order valence-electron chi connectivity index (χ3n) is 4.53. The Morgan fingerprint density at radius 2 is 2.10 bits per heavy atom. The van der Waals surface area contributed by atoms with Crippen LogP contribution in [-0.2, 0) is 17.6 Å². The molecular formula is C21H24N4O3S. The largest absolute Gasteiger partial charge is 0.497 e. The number of hydrogen-bond donors (Lipinski definition) is 1. The maximum absolute atomic E-state index is 12.5. The average molecular weight is 413 g/mol. The number of carbonyl (C=O) groups excluding carboxylic acids is 1. The molecule has 29 heavy (non-hydrogen) atoms. The van der Waals surface area contributed by atoms with Crippen molar-refractivity contribution >= 4 is 22.9 Å². The van der Waals surface area contributed by atoms with Gasteiger partial charge in [-0.1, -0.05) is 6.08 Å². The van der Waals surface area contributed by atoms with E-state index in [1.54, 1.807) is 32.4 Å². The molecule has 1 aromatic carbocycles. The zero-order valence-electron chi connectivity index (χ0n) is 17.0. The fourth-order valence-corrected chi connectivity index (χ4v) is 3.86. The first-order valence-electron chi connectivity index (χ1n) is 9.09. The van der Waals surface area contributed by atoms with Crippen molar-refractivity contribution in [3.8, 4) is 16.6 Å². The van der Waals surface area contributed by atoms with Gasteiger partial charge in [0.15, 0.2) is 0 Å². The molecule has 1 N–H and O–H groups in total. The molecule has 7 nitrogen and oxygen atoms in total. The van der Waals surface area contributed by atoms with Gasteiger partial charge in [0.05, 0.1) is 37.7 Å². The van der Waals surface area contributed by atoms with E-state index in [2.05, 4.69) is 22.0 Å². The molecule has 2 aromatic heterocycles. The van der Waals surface area contributed by atoms with E-state index in [1.807, 2.05) is 30.0 Å². The summed E-state index contributed by atoms with van der Waals surface area (Å²) in [5.41, 5.74) is 4.43. The highest BCUT2D eigenvalue weighted by Crippen LogP contribution is 2.29. The number of amides is 1. The molecule has 0 bridgehead atoms. The van der Waals surface area contributed by atoms with Crippen LogP contribution in [0.1, 0.15) is 22.6 Å². The van der Waals surface area contributed by atoms with E-state index in [4.69, 9.17) is 9.47 Å². The number of methoxy groups -OCH3 is 2. The molecule has 3 aromatic rings. The smallest absolute Gasteiger partial charge is 0.230 e. The number of rotatable bonds is 8. The zero-order chi connectivity index (χ0) is 21.0. The van der Waals surface area contributed by atoms with Crippen LogP contribution >= 0.6 is 11.3 Å². The summed E-state index contributed by atoms with van der Waals surface area (Å²) in [6.45, 7) is 7.80. The first-order valence-corrected chi connectivity index (χ1v) is 9.97. The molecule has 0 saturated carbocycles. The van der Waals surface area contributed by atoms with Crippen molar-refractivity contribution in [2.75, 3.05) is 19.5 Å². The molecular weight excluding hydrogens is 388 g/mol. The molecule has 0 unspecified atom stereocenters. The van der Waals surface area contributed by atoms with Crippen molar-refractivity contribution in [1.29, 1.82) is 0 Å². The van der Waals surface area contributed by atoms with Crippen LogP contribution in [0.2, 0.25) is 0 Å². The number of nitrogens with one attached hydrogen (secondary N) is 1. The average Bonchev–Trinajstić information content (AvgIpc) is 3.27. The molecule has 2 heterocycles. The van der Waals surface area contributed by atoms with E-state index >= 15 is 0 Å². The highest BCUT2D eigenvalue weighted by atomic mass is 32.1. The highest BCUT2D eigenvalue weighted by molar-refractivity contribution is 7.12. The molecule has 152 valence electrons. The summed E-state index contributed by atoms with van der Waals surface area (Å²) in [5.74, 6) is 1.02. The van der Waals surface area contributed by atoms with E-state index in [1.165, 1.54) is 11.3 Å². The van der Waals surface area contributed by atoms with Crippen LogP contribution in [0.15, 0.2) is 36.2 Å². The van der Waals surface area contributed by atoms with E-state index in [-0.39, 0.29) is 12.3 Å². The predicted octanol–water partition coefficient (Wildman–Crippen LogP) is 3.87. The van der Waals surface area contributed by atoms with Crippen molar-refractivity contribution in [1.82, 2.24) is 14.8 Å². The Balaban J connectivity index is 1.73. The summed E-state index contributed by atoms with van der Waals surface area (Å²) in [6, 6.07) is 5.24. The Kier molecular flexibility index (Phi) is 6.33.